The first-order valence-corrected chi connectivity index (χ1v) is 6.78. The number of hydrogen-bond acceptors (Lipinski definition) is 6. The average Bonchev–Trinajstić information content (AvgIpc) is 2.45. The fraction of sp³-hybridized carbons (Fsp3) is 0.500. The van der Waals surface area contributed by atoms with E-state index in [1.807, 2.05) is 13.8 Å². The molecule has 0 saturated carbocycles. The molecule has 1 aromatic rings. The summed E-state index contributed by atoms with van der Waals surface area (Å²) in [5.41, 5.74) is 6.22. The number of nitrogen functional groups attached to an aromatic ring is 1. The first kappa shape index (κ1) is 16.7. The number of amides is 1. The maximum Gasteiger partial charge on any atom is 0.341 e. The van der Waals surface area contributed by atoms with Gasteiger partial charge in [0, 0.05) is 19.5 Å². The Kier molecular flexibility index (Phi) is 6.45. The van der Waals surface area contributed by atoms with E-state index in [2.05, 4.69) is 20.4 Å². The molecule has 0 fully saturated rings. The average molecular weight is 294 g/mol. The number of hydrogen-bond donors (Lipinski definition) is 3. The van der Waals surface area contributed by atoms with Crippen LogP contribution in [0.4, 0.5) is 11.5 Å². The number of nitrogens with one attached hydrogen (secondary N) is 2. The Morgan fingerprint density at radius 2 is 2.14 bits per heavy atom. The topological polar surface area (TPSA) is 106 Å². The molecule has 0 aromatic carbocycles. The van der Waals surface area contributed by atoms with Gasteiger partial charge in [0.2, 0.25) is 5.91 Å². The molecular formula is C14H22N4O3. The molecule has 0 radical (unpaired) electrons. The van der Waals surface area contributed by atoms with Crippen molar-refractivity contribution >= 4 is 23.4 Å². The molecule has 1 rings (SSSR count). The predicted molar refractivity (Wildman–Crippen MR) is 80.9 cm³/mol. The van der Waals surface area contributed by atoms with E-state index >= 15 is 0 Å². The Balaban J connectivity index is 2.55. The first-order valence-electron chi connectivity index (χ1n) is 6.78. The van der Waals surface area contributed by atoms with Crippen LogP contribution in [0.2, 0.25) is 0 Å². The van der Waals surface area contributed by atoms with Crippen molar-refractivity contribution in [1.82, 2.24) is 10.3 Å². The van der Waals surface area contributed by atoms with Crippen LogP contribution in [0.3, 0.4) is 0 Å². The fourth-order valence-electron chi connectivity index (χ4n) is 1.59. The highest BCUT2D eigenvalue weighted by Crippen LogP contribution is 2.16. The van der Waals surface area contributed by atoms with Gasteiger partial charge in [0.05, 0.1) is 19.0 Å². The van der Waals surface area contributed by atoms with Gasteiger partial charge in [-0.25, -0.2) is 9.78 Å². The van der Waals surface area contributed by atoms with E-state index in [1.165, 1.54) is 19.4 Å². The van der Waals surface area contributed by atoms with Crippen molar-refractivity contribution in [1.29, 1.82) is 0 Å². The monoisotopic (exact) mass is 294 g/mol. The van der Waals surface area contributed by atoms with Crippen molar-refractivity contribution in [2.75, 3.05) is 31.2 Å². The van der Waals surface area contributed by atoms with Crippen molar-refractivity contribution in [2.24, 2.45) is 5.92 Å². The molecule has 7 nitrogen and oxygen atoms in total. The Morgan fingerprint density at radius 1 is 1.43 bits per heavy atom. The number of carbonyl (C=O) groups is 2. The number of nitrogens with zero attached hydrogens (tertiary/aromatic N) is 1. The molecule has 116 valence electrons. The van der Waals surface area contributed by atoms with Gasteiger partial charge in [-0.15, -0.1) is 0 Å². The van der Waals surface area contributed by atoms with Crippen LogP contribution >= 0.6 is 0 Å². The molecule has 4 N–H and O–H groups in total. The number of rotatable bonds is 7. The molecule has 0 unspecified atom stereocenters. The lowest BCUT2D eigenvalue weighted by molar-refractivity contribution is -0.120. The largest absolute Gasteiger partial charge is 0.465 e. The highest BCUT2D eigenvalue weighted by molar-refractivity contribution is 5.95. The molecular weight excluding hydrogens is 272 g/mol. The minimum absolute atomic E-state index is 0.0498. The molecule has 21 heavy (non-hydrogen) atoms. The van der Waals surface area contributed by atoms with Crippen LogP contribution in [-0.2, 0) is 9.53 Å². The molecule has 0 bridgehead atoms. The van der Waals surface area contributed by atoms with Crippen molar-refractivity contribution in [3.05, 3.63) is 17.8 Å². The van der Waals surface area contributed by atoms with E-state index in [4.69, 9.17) is 5.73 Å². The molecule has 0 atom stereocenters. The summed E-state index contributed by atoms with van der Waals surface area (Å²) in [6.45, 7) is 5.07. The van der Waals surface area contributed by atoms with Crippen LogP contribution in [0.1, 0.15) is 30.6 Å². The maximum absolute atomic E-state index is 11.6. The van der Waals surface area contributed by atoms with Crippen molar-refractivity contribution < 1.29 is 14.3 Å². The second kappa shape index (κ2) is 8.08. The molecule has 1 heterocycles. The van der Waals surface area contributed by atoms with Gasteiger partial charge in [0.15, 0.2) is 0 Å². The van der Waals surface area contributed by atoms with Crippen LogP contribution in [-0.4, -0.2) is 37.1 Å². The van der Waals surface area contributed by atoms with Crippen LogP contribution in [0.25, 0.3) is 0 Å². The van der Waals surface area contributed by atoms with Gasteiger partial charge in [-0.1, -0.05) is 13.8 Å². The van der Waals surface area contributed by atoms with Crippen LogP contribution in [0.15, 0.2) is 12.3 Å². The standard InChI is InChI=1S/C14H22N4O3/c1-9(2)7-17-12(19)4-5-16-13-11(14(20)21-3)6-10(15)8-18-13/h6,8-9H,4-5,7,15H2,1-3H3,(H,16,18)(H,17,19). The molecule has 0 spiro atoms. The molecule has 0 aliphatic carbocycles. The third kappa shape index (κ3) is 5.68. The van der Waals surface area contributed by atoms with Crippen molar-refractivity contribution in [3.8, 4) is 0 Å². The molecule has 7 heteroatoms. The fourth-order valence-corrected chi connectivity index (χ4v) is 1.59. The molecule has 1 amide bonds. The summed E-state index contributed by atoms with van der Waals surface area (Å²) < 4.78 is 4.67. The van der Waals surface area contributed by atoms with E-state index in [1.54, 1.807) is 0 Å². The van der Waals surface area contributed by atoms with Gasteiger partial charge in [-0.05, 0) is 12.0 Å². The lowest BCUT2D eigenvalue weighted by atomic mass is 10.2. The lowest BCUT2D eigenvalue weighted by Crippen LogP contribution is -2.28. The summed E-state index contributed by atoms with van der Waals surface area (Å²) >= 11 is 0. The summed E-state index contributed by atoms with van der Waals surface area (Å²) in [4.78, 5) is 27.3. The summed E-state index contributed by atoms with van der Waals surface area (Å²) in [6, 6.07) is 1.49. The molecule has 0 saturated heterocycles. The zero-order valence-electron chi connectivity index (χ0n) is 12.6. The number of anilines is 2. The quantitative estimate of drug-likeness (QED) is 0.648. The number of aromatic nitrogens is 1. The first-order chi connectivity index (χ1) is 9.93. The number of carbonyl (C=O) groups excluding carboxylic acids is 2. The van der Waals surface area contributed by atoms with Crippen LogP contribution < -0.4 is 16.4 Å². The maximum atomic E-state index is 11.6. The number of nitrogens with two attached hydrogens (primary N) is 1. The zero-order chi connectivity index (χ0) is 15.8. The third-order valence-electron chi connectivity index (χ3n) is 2.67. The van der Waals surface area contributed by atoms with Crippen LogP contribution in [0.5, 0.6) is 0 Å². The van der Waals surface area contributed by atoms with Gasteiger partial charge < -0.3 is 21.1 Å². The Bertz CT molecular complexity index is 503. The van der Waals surface area contributed by atoms with Gasteiger partial charge in [0.25, 0.3) is 0 Å². The van der Waals surface area contributed by atoms with Gasteiger partial charge in [-0.2, -0.15) is 0 Å². The lowest BCUT2D eigenvalue weighted by Gasteiger charge is -2.11. The van der Waals surface area contributed by atoms with Crippen LogP contribution in [0, 0.1) is 5.92 Å². The molecule has 0 aliphatic heterocycles. The smallest absolute Gasteiger partial charge is 0.341 e. The number of ether oxygens (including phenoxy) is 1. The molecule has 1 aromatic heterocycles. The summed E-state index contributed by atoms with van der Waals surface area (Å²) in [6.07, 6.45) is 1.73. The normalized spacial score (nSPS) is 10.3. The highest BCUT2D eigenvalue weighted by Gasteiger charge is 2.13. The van der Waals surface area contributed by atoms with Crippen molar-refractivity contribution in [2.45, 2.75) is 20.3 Å². The minimum atomic E-state index is -0.526. The summed E-state index contributed by atoms with van der Waals surface area (Å²) in [5, 5.41) is 5.76. The second-order valence-electron chi connectivity index (χ2n) is 5.03. The van der Waals surface area contributed by atoms with E-state index in [0.29, 0.717) is 36.9 Å². The number of pyridine rings is 1. The number of esters is 1. The second-order valence-corrected chi connectivity index (χ2v) is 5.03. The Labute approximate surface area is 124 Å². The Hall–Kier alpha value is -2.31. The molecule has 0 aliphatic rings. The van der Waals surface area contributed by atoms with E-state index in [-0.39, 0.29) is 11.5 Å². The number of methoxy groups -OCH3 is 1. The zero-order valence-corrected chi connectivity index (χ0v) is 12.6. The summed E-state index contributed by atoms with van der Waals surface area (Å²) in [7, 11) is 1.29. The predicted octanol–water partition coefficient (Wildman–Crippen LogP) is 1.02. The van der Waals surface area contributed by atoms with E-state index < -0.39 is 5.97 Å². The Morgan fingerprint density at radius 3 is 2.76 bits per heavy atom. The van der Waals surface area contributed by atoms with E-state index in [0.717, 1.165) is 0 Å². The SMILES string of the molecule is COC(=O)c1cc(N)cnc1NCCC(=O)NCC(C)C. The summed E-state index contributed by atoms with van der Waals surface area (Å²) in [5.74, 6) is 0.187. The van der Waals surface area contributed by atoms with Gasteiger partial charge >= 0.3 is 5.97 Å². The van der Waals surface area contributed by atoms with E-state index in [9.17, 15) is 9.59 Å². The van der Waals surface area contributed by atoms with Gasteiger partial charge in [-0.3, -0.25) is 4.79 Å². The van der Waals surface area contributed by atoms with Crippen molar-refractivity contribution in [3.63, 3.8) is 0 Å². The third-order valence-corrected chi connectivity index (χ3v) is 2.67. The van der Waals surface area contributed by atoms with Gasteiger partial charge in [0.1, 0.15) is 11.4 Å². The minimum Gasteiger partial charge on any atom is -0.465 e. The highest BCUT2D eigenvalue weighted by atomic mass is 16.5.